The summed E-state index contributed by atoms with van der Waals surface area (Å²) in [7, 11) is 0. The number of nitrogens with two attached hydrogens (primary N) is 1. The number of hydrogen-bond acceptors (Lipinski definition) is 2. The Labute approximate surface area is 119 Å². The summed E-state index contributed by atoms with van der Waals surface area (Å²) in [6.07, 6.45) is 0. The van der Waals surface area contributed by atoms with Crippen LogP contribution in [0.3, 0.4) is 0 Å². The summed E-state index contributed by atoms with van der Waals surface area (Å²) >= 11 is 5.80. The molecular formula is C14H10ClFN2O2. The van der Waals surface area contributed by atoms with Gasteiger partial charge in [0, 0.05) is 0 Å². The van der Waals surface area contributed by atoms with Crippen LogP contribution in [-0.2, 0) is 0 Å². The Kier molecular flexibility index (Phi) is 4.00. The van der Waals surface area contributed by atoms with Gasteiger partial charge >= 0.3 is 0 Å². The largest absolute Gasteiger partial charge is 0.366 e. The fourth-order valence-corrected chi connectivity index (χ4v) is 1.96. The highest BCUT2D eigenvalue weighted by atomic mass is 35.5. The van der Waals surface area contributed by atoms with E-state index in [1.54, 1.807) is 12.1 Å². The summed E-state index contributed by atoms with van der Waals surface area (Å²) in [6.45, 7) is 0. The van der Waals surface area contributed by atoms with Crippen LogP contribution in [-0.4, -0.2) is 11.8 Å². The first-order valence-corrected chi connectivity index (χ1v) is 6.02. The first-order valence-electron chi connectivity index (χ1n) is 5.65. The van der Waals surface area contributed by atoms with Crippen molar-refractivity contribution in [3.05, 3.63) is 64.4 Å². The van der Waals surface area contributed by atoms with Crippen LogP contribution in [0.25, 0.3) is 0 Å². The molecule has 0 saturated carbocycles. The zero-order valence-electron chi connectivity index (χ0n) is 10.2. The molecule has 0 aliphatic heterocycles. The molecule has 20 heavy (non-hydrogen) atoms. The number of nitrogens with one attached hydrogen (secondary N) is 1. The number of benzene rings is 2. The van der Waals surface area contributed by atoms with E-state index in [-0.39, 0.29) is 21.8 Å². The Bertz CT molecular complexity index is 668. The second kappa shape index (κ2) is 5.71. The molecular weight excluding hydrogens is 283 g/mol. The van der Waals surface area contributed by atoms with Crippen LogP contribution in [0.15, 0.2) is 42.5 Å². The molecule has 3 N–H and O–H groups in total. The number of anilines is 1. The average Bonchev–Trinajstić information content (AvgIpc) is 2.38. The lowest BCUT2D eigenvalue weighted by atomic mass is 10.1. The van der Waals surface area contributed by atoms with Crippen LogP contribution in [0.5, 0.6) is 0 Å². The number of halogens is 2. The van der Waals surface area contributed by atoms with Crippen LogP contribution < -0.4 is 11.1 Å². The summed E-state index contributed by atoms with van der Waals surface area (Å²) in [5.41, 5.74) is 5.25. The normalized spacial score (nSPS) is 10.1. The molecule has 0 bridgehead atoms. The Balaban J connectivity index is 2.36. The van der Waals surface area contributed by atoms with E-state index in [0.717, 1.165) is 6.07 Å². The quantitative estimate of drug-likeness (QED) is 0.913. The smallest absolute Gasteiger partial charge is 0.260 e. The molecule has 0 aromatic heterocycles. The highest BCUT2D eigenvalue weighted by Gasteiger charge is 2.17. The molecule has 0 saturated heterocycles. The van der Waals surface area contributed by atoms with Gasteiger partial charge in [-0.1, -0.05) is 29.8 Å². The van der Waals surface area contributed by atoms with Crippen molar-refractivity contribution in [1.82, 2.24) is 0 Å². The van der Waals surface area contributed by atoms with Crippen molar-refractivity contribution >= 4 is 29.1 Å². The fraction of sp³-hybridized carbons (Fsp3) is 0. The molecule has 2 amide bonds. The number of para-hydroxylation sites is 1. The number of carbonyl (C=O) groups is 2. The maximum atomic E-state index is 13.6. The van der Waals surface area contributed by atoms with E-state index >= 15 is 0 Å². The first-order chi connectivity index (χ1) is 9.50. The molecule has 102 valence electrons. The van der Waals surface area contributed by atoms with Crippen molar-refractivity contribution in [2.45, 2.75) is 0 Å². The minimum atomic E-state index is -0.748. The number of amides is 2. The van der Waals surface area contributed by atoms with E-state index in [9.17, 15) is 14.0 Å². The molecule has 2 aromatic rings. The molecule has 2 rings (SSSR count). The number of primary amides is 1. The van der Waals surface area contributed by atoms with E-state index in [4.69, 9.17) is 17.3 Å². The standard InChI is InChI=1S/C14H10ClFN2O2/c15-9-5-3-6-10(16)12(9)14(20)18-11-7-2-1-4-8(11)13(17)19/h1-7H,(H2,17,19)(H,18,20). The summed E-state index contributed by atoms with van der Waals surface area (Å²) in [6, 6.07) is 10.1. The number of hydrogen-bond donors (Lipinski definition) is 2. The van der Waals surface area contributed by atoms with Crippen LogP contribution in [0.4, 0.5) is 10.1 Å². The number of rotatable bonds is 3. The SMILES string of the molecule is NC(=O)c1ccccc1NC(=O)c1c(F)cccc1Cl. The second-order valence-corrected chi connectivity index (χ2v) is 4.37. The molecule has 0 atom stereocenters. The predicted molar refractivity (Wildman–Crippen MR) is 74.3 cm³/mol. The maximum absolute atomic E-state index is 13.6. The van der Waals surface area contributed by atoms with Gasteiger partial charge < -0.3 is 11.1 Å². The third kappa shape index (κ3) is 2.78. The van der Waals surface area contributed by atoms with Crippen LogP contribution >= 0.6 is 11.6 Å². The average molecular weight is 293 g/mol. The monoisotopic (exact) mass is 292 g/mol. The summed E-state index contributed by atoms with van der Waals surface area (Å²) in [5.74, 6) is -2.19. The van der Waals surface area contributed by atoms with Gasteiger partial charge in [-0.25, -0.2) is 4.39 Å². The zero-order chi connectivity index (χ0) is 14.7. The first kappa shape index (κ1) is 14.0. The minimum Gasteiger partial charge on any atom is -0.366 e. The van der Waals surface area contributed by atoms with Gasteiger partial charge in [-0.3, -0.25) is 9.59 Å². The minimum absolute atomic E-state index is 0.0148. The van der Waals surface area contributed by atoms with Gasteiger partial charge in [0.2, 0.25) is 0 Å². The van der Waals surface area contributed by atoms with Crippen molar-refractivity contribution in [1.29, 1.82) is 0 Å². The molecule has 0 unspecified atom stereocenters. The van der Waals surface area contributed by atoms with Gasteiger partial charge in [0.15, 0.2) is 0 Å². The summed E-state index contributed by atoms with van der Waals surface area (Å²) in [4.78, 5) is 23.3. The molecule has 6 heteroatoms. The Morgan fingerprint density at radius 3 is 2.45 bits per heavy atom. The second-order valence-electron chi connectivity index (χ2n) is 3.96. The topological polar surface area (TPSA) is 72.2 Å². The van der Waals surface area contributed by atoms with Gasteiger partial charge in [-0.2, -0.15) is 0 Å². The molecule has 4 nitrogen and oxygen atoms in total. The van der Waals surface area contributed by atoms with Gasteiger partial charge in [-0.05, 0) is 24.3 Å². The predicted octanol–water partition coefficient (Wildman–Crippen LogP) is 2.83. The van der Waals surface area contributed by atoms with Gasteiger partial charge in [0.1, 0.15) is 5.82 Å². The van der Waals surface area contributed by atoms with Crippen molar-refractivity contribution < 1.29 is 14.0 Å². The van der Waals surface area contributed by atoms with Gasteiger partial charge in [0.25, 0.3) is 11.8 Å². The van der Waals surface area contributed by atoms with E-state index in [2.05, 4.69) is 5.32 Å². The number of carbonyl (C=O) groups excluding carboxylic acids is 2. The van der Waals surface area contributed by atoms with Gasteiger partial charge in [-0.15, -0.1) is 0 Å². The highest BCUT2D eigenvalue weighted by Crippen LogP contribution is 2.21. The molecule has 0 heterocycles. The molecule has 0 aliphatic carbocycles. The molecule has 0 aliphatic rings. The van der Waals surface area contributed by atoms with Crippen molar-refractivity contribution in [2.75, 3.05) is 5.32 Å². The van der Waals surface area contributed by atoms with E-state index < -0.39 is 17.6 Å². The van der Waals surface area contributed by atoms with E-state index in [1.807, 2.05) is 0 Å². The zero-order valence-corrected chi connectivity index (χ0v) is 10.9. The lowest BCUT2D eigenvalue weighted by Crippen LogP contribution is -2.19. The summed E-state index contributed by atoms with van der Waals surface area (Å²) < 4.78 is 13.6. The third-order valence-corrected chi connectivity index (χ3v) is 2.95. The van der Waals surface area contributed by atoms with Crippen molar-refractivity contribution in [3.63, 3.8) is 0 Å². The molecule has 0 spiro atoms. The summed E-state index contributed by atoms with van der Waals surface area (Å²) in [5, 5.41) is 2.41. The fourth-order valence-electron chi connectivity index (χ4n) is 1.71. The molecule has 2 aromatic carbocycles. The Morgan fingerprint density at radius 2 is 1.80 bits per heavy atom. The van der Waals surface area contributed by atoms with Crippen LogP contribution in [0.2, 0.25) is 5.02 Å². The maximum Gasteiger partial charge on any atom is 0.260 e. The van der Waals surface area contributed by atoms with Crippen molar-refractivity contribution in [3.8, 4) is 0 Å². The van der Waals surface area contributed by atoms with E-state index in [0.29, 0.717) is 0 Å². The lowest BCUT2D eigenvalue weighted by Gasteiger charge is -2.10. The molecule has 0 fully saturated rings. The Morgan fingerprint density at radius 1 is 1.10 bits per heavy atom. The highest BCUT2D eigenvalue weighted by molar-refractivity contribution is 6.34. The lowest BCUT2D eigenvalue weighted by molar-refractivity contribution is 0.100. The van der Waals surface area contributed by atoms with Crippen LogP contribution in [0.1, 0.15) is 20.7 Å². The molecule has 0 radical (unpaired) electrons. The van der Waals surface area contributed by atoms with Crippen LogP contribution in [0, 0.1) is 5.82 Å². The van der Waals surface area contributed by atoms with E-state index in [1.165, 1.54) is 24.3 Å². The van der Waals surface area contributed by atoms with Gasteiger partial charge in [0.05, 0.1) is 21.8 Å². The Hall–Kier alpha value is -2.40. The van der Waals surface area contributed by atoms with Crippen molar-refractivity contribution in [2.24, 2.45) is 5.73 Å². The third-order valence-electron chi connectivity index (χ3n) is 2.63.